The number of hydrogen-bond acceptors (Lipinski definition) is 3. The number of nitrogens with one attached hydrogen (secondary N) is 1. The lowest BCUT2D eigenvalue weighted by atomic mass is 10.1. The number of benzene rings is 1. The predicted molar refractivity (Wildman–Crippen MR) is 101 cm³/mol. The van der Waals surface area contributed by atoms with Gasteiger partial charge in [0.05, 0.1) is 12.2 Å². The van der Waals surface area contributed by atoms with E-state index in [2.05, 4.69) is 29.5 Å². The standard InChI is InChI=1S/C20H30N4O/c1-16-19(14-22-20(25)12-8-3-4-9-13-21)17(2)24(23-16)15-18-10-6-5-7-11-18/h5-7,10-11H,3-4,8-9,12-15,21H2,1-2H3,(H,22,25). The SMILES string of the molecule is Cc1nn(Cc2ccccc2)c(C)c1CNC(=O)CCCCCCN. The van der Waals surface area contributed by atoms with Gasteiger partial charge in [0.2, 0.25) is 5.91 Å². The Hall–Kier alpha value is -2.14. The molecule has 1 aromatic heterocycles. The third-order valence-corrected chi connectivity index (χ3v) is 4.53. The number of rotatable bonds is 10. The van der Waals surface area contributed by atoms with E-state index >= 15 is 0 Å². The van der Waals surface area contributed by atoms with E-state index in [1.54, 1.807) is 0 Å². The number of nitrogens with zero attached hydrogens (tertiary/aromatic N) is 2. The van der Waals surface area contributed by atoms with Crippen molar-refractivity contribution in [1.29, 1.82) is 0 Å². The van der Waals surface area contributed by atoms with Crippen LogP contribution in [0.2, 0.25) is 0 Å². The molecule has 2 rings (SSSR count). The Kier molecular flexibility index (Phi) is 7.67. The third-order valence-electron chi connectivity index (χ3n) is 4.53. The Bertz CT molecular complexity index is 664. The lowest BCUT2D eigenvalue weighted by Crippen LogP contribution is -2.23. The molecule has 5 heteroatoms. The average Bonchev–Trinajstić information content (AvgIpc) is 2.87. The largest absolute Gasteiger partial charge is 0.352 e. The highest BCUT2D eigenvalue weighted by Gasteiger charge is 2.12. The van der Waals surface area contributed by atoms with E-state index in [4.69, 9.17) is 5.73 Å². The van der Waals surface area contributed by atoms with Gasteiger partial charge < -0.3 is 11.1 Å². The van der Waals surface area contributed by atoms with Gasteiger partial charge in [0.25, 0.3) is 0 Å². The van der Waals surface area contributed by atoms with Gasteiger partial charge in [0.1, 0.15) is 0 Å². The first-order valence-corrected chi connectivity index (χ1v) is 9.15. The monoisotopic (exact) mass is 342 g/mol. The molecule has 0 spiro atoms. The number of aryl methyl sites for hydroxylation is 1. The van der Waals surface area contributed by atoms with Crippen molar-refractivity contribution in [2.24, 2.45) is 5.73 Å². The van der Waals surface area contributed by atoms with Crippen LogP contribution >= 0.6 is 0 Å². The topological polar surface area (TPSA) is 72.9 Å². The molecule has 0 bridgehead atoms. The highest BCUT2D eigenvalue weighted by atomic mass is 16.1. The second-order valence-electron chi connectivity index (χ2n) is 6.52. The smallest absolute Gasteiger partial charge is 0.220 e. The molecule has 0 saturated carbocycles. The second-order valence-corrected chi connectivity index (χ2v) is 6.52. The van der Waals surface area contributed by atoms with Crippen molar-refractivity contribution >= 4 is 5.91 Å². The maximum Gasteiger partial charge on any atom is 0.220 e. The van der Waals surface area contributed by atoms with E-state index in [9.17, 15) is 4.79 Å². The van der Waals surface area contributed by atoms with Crippen LogP contribution in [0.1, 0.15) is 54.6 Å². The molecule has 1 heterocycles. The van der Waals surface area contributed by atoms with Gasteiger partial charge in [-0.3, -0.25) is 9.48 Å². The molecule has 136 valence electrons. The van der Waals surface area contributed by atoms with Gasteiger partial charge in [-0.25, -0.2) is 0 Å². The van der Waals surface area contributed by atoms with Gasteiger partial charge in [-0.1, -0.05) is 43.2 Å². The summed E-state index contributed by atoms with van der Waals surface area (Å²) in [5.41, 5.74) is 9.91. The predicted octanol–water partition coefficient (Wildman–Crippen LogP) is 3.07. The fourth-order valence-corrected chi connectivity index (χ4v) is 2.96. The molecule has 0 aliphatic rings. The number of nitrogens with two attached hydrogens (primary N) is 1. The van der Waals surface area contributed by atoms with E-state index < -0.39 is 0 Å². The molecule has 2 aromatic rings. The summed E-state index contributed by atoms with van der Waals surface area (Å²) in [6, 6.07) is 10.3. The maximum absolute atomic E-state index is 12.0. The van der Waals surface area contributed by atoms with Crippen molar-refractivity contribution in [2.45, 2.75) is 59.0 Å². The van der Waals surface area contributed by atoms with E-state index in [-0.39, 0.29) is 5.91 Å². The zero-order valence-electron chi connectivity index (χ0n) is 15.4. The van der Waals surface area contributed by atoms with Crippen molar-refractivity contribution in [3.05, 3.63) is 52.8 Å². The van der Waals surface area contributed by atoms with Crippen LogP contribution in [-0.4, -0.2) is 22.2 Å². The summed E-state index contributed by atoms with van der Waals surface area (Å²) in [4.78, 5) is 12.0. The van der Waals surface area contributed by atoms with Crippen molar-refractivity contribution in [2.75, 3.05) is 6.54 Å². The minimum atomic E-state index is 0.113. The third kappa shape index (κ3) is 6.02. The maximum atomic E-state index is 12.0. The second kappa shape index (κ2) is 9.99. The van der Waals surface area contributed by atoms with Crippen LogP contribution in [-0.2, 0) is 17.9 Å². The number of unbranched alkanes of at least 4 members (excludes halogenated alkanes) is 3. The molecule has 0 radical (unpaired) electrons. The van der Waals surface area contributed by atoms with Crippen LogP contribution in [0.4, 0.5) is 0 Å². The average molecular weight is 342 g/mol. The molecule has 0 saturated heterocycles. The van der Waals surface area contributed by atoms with Gasteiger partial charge in [0, 0.05) is 24.2 Å². The summed E-state index contributed by atoms with van der Waals surface area (Å²) in [5.74, 6) is 0.113. The molecule has 5 nitrogen and oxygen atoms in total. The van der Waals surface area contributed by atoms with E-state index in [0.717, 1.165) is 55.7 Å². The lowest BCUT2D eigenvalue weighted by molar-refractivity contribution is -0.121. The van der Waals surface area contributed by atoms with Gasteiger partial charge in [-0.15, -0.1) is 0 Å². The quantitative estimate of drug-likeness (QED) is 0.652. The Morgan fingerprint density at radius 2 is 1.84 bits per heavy atom. The van der Waals surface area contributed by atoms with Crippen LogP contribution in [0.25, 0.3) is 0 Å². The lowest BCUT2D eigenvalue weighted by Gasteiger charge is -2.07. The summed E-state index contributed by atoms with van der Waals surface area (Å²) >= 11 is 0. The van der Waals surface area contributed by atoms with Gasteiger partial charge in [-0.05, 0) is 38.8 Å². The number of amides is 1. The first-order chi connectivity index (χ1) is 12.1. The Morgan fingerprint density at radius 1 is 1.12 bits per heavy atom. The molecular formula is C20H30N4O. The van der Waals surface area contributed by atoms with Crippen LogP contribution in [0.3, 0.4) is 0 Å². The zero-order chi connectivity index (χ0) is 18.1. The van der Waals surface area contributed by atoms with Crippen LogP contribution < -0.4 is 11.1 Å². The summed E-state index contributed by atoms with van der Waals surface area (Å²) in [6.45, 7) is 6.11. The first-order valence-electron chi connectivity index (χ1n) is 9.15. The Morgan fingerprint density at radius 3 is 2.56 bits per heavy atom. The molecule has 0 unspecified atom stereocenters. The van der Waals surface area contributed by atoms with Crippen LogP contribution in [0, 0.1) is 13.8 Å². The summed E-state index contributed by atoms with van der Waals surface area (Å²) < 4.78 is 2.01. The summed E-state index contributed by atoms with van der Waals surface area (Å²) in [5, 5.41) is 7.66. The molecule has 1 aromatic carbocycles. The molecule has 0 atom stereocenters. The van der Waals surface area contributed by atoms with Gasteiger partial charge in [0.15, 0.2) is 0 Å². The fourth-order valence-electron chi connectivity index (χ4n) is 2.96. The fraction of sp³-hybridized carbons (Fsp3) is 0.500. The number of aromatic nitrogens is 2. The number of carbonyl (C=O) groups excluding carboxylic acids is 1. The molecule has 0 fully saturated rings. The van der Waals surface area contributed by atoms with Crippen molar-refractivity contribution in [3.63, 3.8) is 0 Å². The van der Waals surface area contributed by atoms with Crippen molar-refractivity contribution in [3.8, 4) is 0 Å². The van der Waals surface area contributed by atoms with Crippen molar-refractivity contribution in [1.82, 2.24) is 15.1 Å². The Labute approximate surface area is 150 Å². The molecule has 3 N–H and O–H groups in total. The highest BCUT2D eigenvalue weighted by Crippen LogP contribution is 2.15. The van der Waals surface area contributed by atoms with E-state index in [1.165, 1.54) is 5.56 Å². The van der Waals surface area contributed by atoms with E-state index in [1.807, 2.05) is 29.8 Å². The first kappa shape index (κ1) is 19.2. The zero-order valence-corrected chi connectivity index (χ0v) is 15.4. The van der Waals surface area contributed by atoms with Crippen molar-refractivity contribution < 1.29 is 4.79 Å². The Balaban J connectivity index is 1.85. The molecule has 1 amide bonds. The summed E-state index contributed by atoms with van der Waals surface area (Å²) in [6.07, 6.45) is 4.73. The number of carbonyl (C=O) groups is 1. The van der Waals surface area contributed by atoms with E-state index in [0.29, 0.717) is 13.0 Å². The normalized spacial score (nSPS) is 10.8. The highest BCUT2D eigenvalue weighted by molar-refractivity contribution is 5.75. The molecule has 25 heavy (non-hydrogen) atoms. The molecule has 0 aliphatic carbocycles. The minimum Gasteiger partial charge on any atom is -0.352 e. The van der Waals surface area contributed by atoms with Gasteiger partial charge >= 0.3 is 0 Å². The number of hydrogen-bond donors (Lipinski definition) is 2. The van der Waals surface area contributed by atoms with Crippen LogP contribution in [0.5, 0.6) is 0 Å². The minimum absolute atomic E-state index is 0.113. The summed E-state index contributed by atoms with van der Waals surface area (Å²) in [7, 11) is 0. The molecular weight excluding hydrogens is 312 g/mol. The molecule has 0 aliphatic heterocycles. The van der Waals surface area contributed by atoms with Crippen LogP contribution in [0.15, 0.2) is 30.3 Å². The van der Waals surface area contributed by atoms with Gasteiger partial charge in [-0.2, -0.15) is 5.10 Å².